The largest absolute Gasteiger partial charge is 0.496 e. The number of fused-ring (bicyclic) bond motifs is 1. The van der Waals surface area contributed by atoms with Gasteiger partial charge in [-0.2, -0.15) is 0 Å². The van der Waals surface area contributed by atoms with E-state index >= 15 is 0 Å². The number of benzene rings is 3. The van der Waals surface area contributed by atoms with Crippen molar-refractivity contribution >= 4 is 16.7 Å². The molecule has 0 aromatic heterocycles. The molecule has 0 saturated carbocycles. The quantitative estimate of drug-likeness (QED) is 0.543. The molecule has 0 fully saturated rings. The minimum atomic E-state index is -0.0139. The zero-order valence-electron chi connectivity index (χ0n) is 17.2. The Hall–Kier alpha value is -2.81. The van der Waals surface area contributed by atoms with E-state index in [1.54, 1.807) is 7.11 Å². The molecule has 0 bridgehead atoms. The summed E-state index contributed by atoms with van der Waals surface area (Å²) < 4.78 is 5.47. The molecule has 0 radical (unpaired) electrons. The maximum atomic E-state index is 12.7. The highest BCUT2D eigenvalue weighted by Crippen LogP contribution is 2.29. The van der Waals surface area contributed by atoms with Gasteiger partial charge in [-0.05, 0) is 65.3 Å². The Morgan fingerprint density at radius 1 is 1.07 bits per heavy atom. The number of methoxy groups -OCH3 is 1. The van der Waals surface area contributed by atoms with Gasteiger partial charge in [0.2, 0.25) is 0 Å². The molecule has 28 heavy (non-hydrogen) atoms. The molecule has 0 aliphatic heterocycles. The fourth-order valence-corrected chi connectivity index (χ4v) is 3.66. The number of aryl methyl sites for hydroxylation is 2. The van der Waals surface area contributed by atoms with Crippen LogP contribution in [0, 0.1) is 6.92 Å². The van der Waals surface area contributed by atoms with Crippen LogP contribution in [0.4, 0.5) is 0 Å². The lowest BCUT2D eigenvalue weighted by molar-refractivity contribution is 0.0952. The van der Waals surface area contributed by atoms with E-state index in [0.717, 1.165) is 35.3 Å². The Kier molecular flexibility index (Phi) is 6.35. The summed E-state index contributed by atoms with van der Waals surface area (Å²) in [6.45, 7) is 6.83. The Morgan fingerprint density at radius 3 is 2.57 bits per heavy atom. The molecule has 0 aliphatic carbocycles. The van der Waals surface area contributed by atoms with Crippen LogP contribution in [-0.2, 0) is 6.42 Å². The van der Waals surface area contributed by atoms with E-state index in [1.807, 2.05) is 19.1 Å². The summed E-state index contributed by atoms with van der Waals surface area (Å²) in [6.07, 6.45) is 1.85. The van der Waals surface area contributed by atoms with Crippen molar-refractivity contribution in [1.29, 1.82) is 0 Å². The third-order valence-electron chi connectivity index (χ3n) is 5.23. The van der Waals surface area contributed by atoms with Crippen LogP contribution in [0.5, 0.6) is 5.75 Å². The second-order valence-electron chi connectivity index (χ2n) is 7.56. The Balaban J connectivity index is 1.64. The van der Waals surface area contributed by atoms with Crippen molar-refractivity contribution in [1.82, 2.24) is 5.32 Å². The van der Waals surface area contributed by atoms with E-state index in [-0.39, 0.29) is 5.91 Å². The van der Waals surface area contributed by atoms with Gasteiger partial charge >= 0.3 is 0 Å². The van der Waals surface area contributed by atoms with Crippen LogP contribution < -0.4 is 10.1 Å². The monoisotopic (exact) mass is 375 g/mol. The van der Waals surface area contributed by atoms with Crippen LogP contribution in [0.15, 0.2) is 54.6 Å². The molecule has 3 heteroatoms. The number of rotatable bonds is 7. The smallest absolute Gasteiger partial charge is 0.251 e. The van der Waals surface area contributed by atoms with E-state index in [0.29, 0.717) is 12.5 Å². The van der Waals surface area contributed by atoms with E-state index in [9.17, 15) is 4.79 Å². The molecule has 0 heterocycles. The molecular weight excluding hydrogens is 346 g/mol. The molecule has 0 unspecified atom stereocenters. The SMILES string of the molecule is COc1cc(C)c(C(=O)NCCCc2cccc3ccccc23)cc1C(C)C. The van der Waals surface area contributed by atoms with Crippen LogP contribution in [-0.4, -0.2) is 19.6 Å². The maximum Gasteiger partial charge on any atom is 0.251 e. The summed E-state index contributed by atoms with van der Waals surface area (Å²) in [7, 11) is 1.67. The molecule has 0 atom stereocenters. The van der Waals surface area contributed by atoms with Crippen molar-refractivity contribution in [3.63, 3.8) is 0 Å². The number of ether oxygens (including phenoxy) is 1. The second kappa shape index (κ2) is 8.92. The highest BCUT2D eigenvalue weighted by atomic mass is 16.5. The van der Waals surface area contributed by atoms with E-state index < -0.39 is 0 Å². The highest BCUT2D eigenvalue weighted by Gasteiger charge is 2.15. The molecular formula is C25H29NO2. The van der Waals surface area contributed by atoms with Crippen molar-refractivity contribution < 1.29 is 9.53 Å². The number of amides is 1. The first-order valence-electron chi connectivity index (χ1n) is 9.94. The standard InChI is InChI=1S/C25H29NO2/c1-17(2)22-16-23(18(3)15-24(22)28-4)25(27)26-14-8-12-20-11-7-10-19-9-5-6-13-21(19)20/h5-7,9-11,13,15-17H,8,12,14H2,1-4H3,(H,26,27). The third-order valence-corrected chi connectivity index (χ3v) is 5.23. The lowest BCUT2D eigenvalue weighted by Gasteiger charge is -2.16. The fraction of sp³-hybridized carbons (Fsp3) is 0.320. The predicted octanol–water partition coefficient (Wildman–Crippen LogP) is 5.64. The van der Waals surface area contributed by atoms with Gasteiger partial charge in [0, 0.05) is 12.1 Å². The Morgan fingerprint density at radius 2 is 1.82 bits per heavy atom. The lowest BCUT2D eigenvalue weighted by atomic mass is 9.96. The molecule has 146 valence electrons. The van der Waals surface area contributed by atoms with Gasteiger partial charge in [-0.25, -0.2) is 0 Å². The molecule has 3 nitrogen and oxygen atoms in total. The van der Waals surface area contributed by atoms with Crippen molar-refractivity contribution in [2.45, 2.75) is 39.5 Å². The number of carbonyl (C=O) groups excluding carboxylic acids is 1. The first kappa shape index (κ1) is 19.9. The Labute approximate surface area is 167 Å². The number of hydrogen-bond donors (Lipinski definition) is 1. The van der Waals surface area contributed by atoms with Gasteiger partial charge in [0.15, 0.2) is 0 Å². The minimum absolute atomic E-state index is 0.0139. The van der Waals surface area contributed by atoms with Gasteiger partial charge in [-0.3, -0.25) is 4.79 Å². The average Bonchev–Trinajstić information content (AvgIpc) is 2.70. The molecule has 0 spiro atoms. The third kappa shape index (κ3) is 4.36. The maximum absolute atomic E-state index is 12.7. The van der Waals surface area contributed by atoms with Crippen molar-refractivity contribution in [3.05, 3.63) is 76.9 Å². The van der Waals surface area contributed by atoms with Crippen LogP contribution in [0.3, 0.4) is 0 Å². The van der Waals surface area contributed by atoms with Crippen LogP contribution in [0.1, 0.15) is 53.2 Å². The van der Waals surface area contributed by atoms with Gasteiger partial charge in [-0.1, -0.05) is 56.3 Å². The van der Waals surface area contributed by atoms with Gasteiger partial charge in [0.05, 0.1) is 7.11 Å². The molecule has 1 amide bonds. The van der Waals surface area contributed by atoms with Gasteiger partial charge in [-0.15, -0.1) is 0 Å². The molecule has 3 aromatic rings. The summed E-state index contributed by atoms with van der Waals surface area (Å²) in [5, 5.41) is 5.64. The lowest BCUT2D eigenvalue weighted by Crippen LogP contribution is -2.25. The summed E-state index contributed by atoms with van der Waals surface area (Å²) >= 11 is 0. The second-order valence-corrected chi connectivity index (χ2v) is 7.56. The van der Waals surface area contributed by atoms with Gasteiger partial charge in [0.1, 0.15) is 5.75 Å². The number of carbonyl (C=O) groups is 1. The molecule has 0 aliphatic rings. The molecule has 0 saturated heterocycles. The predicted molar refractivity (Wildman–Crippen MR) is 116 cm³/mol. The summed E-state index contributed by atoms with van der Waals surface area (Å²) in [4.78, 5) is 12.7. The molecule has 3 aromatic carbocycles. The summed E-state index contributed by atoms with van der Waals surface area (Å²) in [5.41, 5.74) is 4.06. The van der Waals surface area contributed by atoms with Crippen molar-refractivity contribution in [2.24, 2.45) is 0 Å². The minimum Gasteiger partial charge on any atom is -0.496 e. The van der Waals surface area contributed by atoms with Gasteiger partial charge < -0.3 is 10.1 Å². The zero-order chi connectivity index (χ0) is 20.1. The van der Waals surface area contributed by atoms with Crippen molar-refractivity contribution in [3.8, 4) is 5.75 Å². The van der Waals surface area contributed by atoms with Crippen LogP contribution in [0.2, 0.25) is 0 Å². The van der Waals surface area contributed by atoms with Crippen LogP contribution >= 0.6 is 0 Å². The van der Waals surface area contributed by atoms with E-state index in [2.05, 4.69) is 61.6 Å². The summed E-state index contributed by atoms with van der Waals surface area (Å²) in [6, 6.07) is 18.8. The Bertz CT molecular complexity index is 970. The number of nitrogens with one attached hydrogen (secondary N) is 1. The van der Waals surface area contributed by atoms with E-state index in [1.165, 1.54) is 16.3 Å². The zero-order valence-corrected chi connectivity index (χ0v) is 17.2. The first-order valence-corrected chi connectivity index (χ1v) is 9.94. The van der Waals surface area contributed by atoms with Crippen LogP contribution in [0.25, 0.3) is 10.8 Å². The molecule has 1 N–H and O–H groups in total. The summed E-state index contributed by atoms with van der Waals surface area (Å²) in [5.74, 6) is 1.13. The van der Waals surface area contributed by atoms with Gasteiger partial charge in [0.25, 0.3) is 5.91 Å². The fourth-order valence-electron chi connectivity index (χ4n) is 3.66. The average molecular weight is 376 g/mol. The first-order chi connectivity index (χ1) is 13.5. The normalized spacial score (nSPS) is 11.0. The number of hydrogen-bond acceptors (Lipinski definition) is 2. The van der Waals surface area contributed by atoms with Crippen molar-refractivity contribution in [2.75, 3.05) is 13.7 Å². The van der Waals surface area contributed by atoms with E-state index in [4.69, 9.17) is 4.74 Å². The molecule has 3 rings (SSSR count). The highest BCUT2D eigenvalue weighted by molar-refractivity contribution is 5.96. The topological polar surface area (TPSA) is 38.3 Å².